The Morgan fingerprint density at radius 1 is 0.879 bits per heavy atom. The van der Waals surface area contributed by atoms with Crippen LogP contribution >= 0.6 is 11.6 Å². The lowest BCUT2D eigenvalue weighted by atomic mass is 10.1. The Hall–Kier alpha value is -2.88. The van der Waals surface area contributed by atoms with Crippen molar-refractivity contribution < 1.29 is 21.6 Å². The van der Waals surface area contributed by atoms with Gasteiger partial charge in [0.2, 0.25) is 5.91 Å². The third-order valence-corrected chi connectivity index (χ3v) is 8.15. The minimum atomic E-state index is -4.07. The maximum Gasteiger partial charge on any atom is 0.264 e. The van der Waals surface area contributed by atoms with E-state index in [0.29, 0.717) is 5.56 Å². The first-order chi connectivity index (χ1) is 15.5. The Labute approximate surface area is 199 Å². The Bertz CT molecular complexity index is 1340. The lowest BCUT2D eigenvalue weighted by Crippen LogP contribution is -2.41. The number of sulfonamides is 1. The summed E-state index contributed by atoms with van der Waals surface area (Å²) in [5.74, 6) is -0.547. The van der Waals surface area contributed by atoms with Gasteiger partial charge in [-0.2, -0.15) is 0 Å². The average molecular weight is 507 g/mol. The highest BCUT2D eigenvalue weighted by molar-refractivity contribution is 7.93. The van der Waals surface area contributed by atoms with Crippen LogP contribution in [0.4, 0.5) is 5.69 Å². The summed E-state index contributed by atoms with van der Waals surface area (Å²) in [7, 11) is -7.41. The number of anilines is 1. The van der Waals surface area contributed by atoms with Crippen molar-refractivity contribution in [1.82, 2.24) is 5.32 Å². The highest BCUT2D eigenvalue weighted by atomic mass is 35.5. The monoisotopic (exact) mass is 506 g/mol. The highest BCUT2D eigenvalue weighted by Crippen LogP contribution is 2.30. The molecule has 7 nitrogen and oxygen atoms in total. The number of nitrogens with one attached hydrogen (secondary N) is 1. The first-order valence-electron chi connectivity index (χ1n) is 9.92. The molecule has 174 valence electrons. The van der Waals surface area contributed by atoms with Gasteiger partial charge in [0.15, 0.2) is 9.84 Å². The second-order valence-corrected chi connectivity index (χ2v) is 11.7. The van der Waals surface area contributed by atoms with Crippen LogP contribution in [0.5, 0.6) is 0 Å². The predicted octanol–water partition coefficient (Wildman–Crippen LogP) is 3.82. The molecule has 0 aliphatic rings. The van der Waals surface area contributed by atoms with Crippen molar-refractivity contribution in [3.8, 4) is 0 Å². The molecular weight excluding hydrogens is 484 g/mol. The number of halogens is 1. The van der Waals surface area contributed by atoms with E-state index in [1.807, 2.05) is 0 Å². The van der Waals surface area contributed by atoms with E-state index >= 15 is 0 Å². The fraction of sp³-hybridized carbons (Fsp3) is 0.174. The molecule has 0 aliphatic heterocycles. The van der Waals surface area contributed by atoms with Crippen molar-refractivity contribution in [1.29, 1.82) is 0 Å². The van der Waals surface area contributed by atoms with Gasteiger partial charge < -0.3 is 5.32 Å². The number of hydrogen-bond acceptors (Lipinski definition) is 5. The molecule has 3 rings (SSSR count). The van der Waals surface area contributed by atoms with Gasteiger partial charge in [-0.3, -0.25) is 9.10 Å². The summed E-state index contributed by atoms with van der Waals surface area (Å²) in [6.07, 6.45) is 1.11. The first kappa shape index (κ1) is 24.8. The molecule has 0 saturated heterocycles. The van der Waals surface area contributed by atoms with Crippen LogP contribution in [0.25, 0.3) is 0 Å². The van der Waals surface area contributed by atoms with E-state index in [9.17, 15) is 21.6 Å². The molecule has 0 fully saturated rings. The number of rotatable bonds is 8. The van der Waals surface area contributed by atoms with Crippen LogP contribution in [0.2, 0.25) is 5.02 Å². The second-order valence-electron chi connectivity index (χ2n) is 7.41. The fourth-order valence-electron chi connectivity index (χ4n) is 3.18. The van der Waals surface area contributed by atoms with Gasteiger partial charge in [0.1, 0.15) is 6.54 Å². The zero-order valence-electron chi connectivity index (χ0n) is 18.0. The van der Waals surface area contributed by atoms with Gasteiger partial charge >= 0.3 is 0 Å². The van der Waals surface area contributed by atoms with E-state index in [2.05, 4.69) is 5.32 Å². The molecule has 0 saturated carbocycles. The summed E-state index contributed by atoms with van der Waals surface area (Å²) in [6.45, 7) is 1.23. The lowest BCUT2D eigenvalue weighted by molar-refractivity contribution is -0.120. The Kier molecular flexibility index (Phi) is 7.46. The van der Waals surface area contributed by atoms with E-state index in [1.54, 1.807) is 55.5 Å². The first-order valence-corrected chi connectivity index (χ1v) is 13.6. The zero-order chi connectivity index (χ0) is 24.2. The predicted molar refractivity (Wildman–Crippen MR) is 129 cm³/mol. The molecule has 0 spiro atoms. The molecule has 1 unspecified atom stereocenters. The molecule has 3 aromatic rings. The van der Waals surface area contributed by atoms with Gasteiger partial charge in [0.05, 0.1) is 26.5 Å². The van der Waals surface area contributed by atoms with Gasteiger partial charge in [0.25, 0.3) is 10.0 Å². The molecule has 0 aliphatic carbocycles. The van der Waals surface area contributed by atoms with Crippen molar-refractivity contribution in [2.24, 2.45) is 0 Å². The summed E-state index contributed by atoms with van der Waals surface area (Å²) in [5.41, 5.74) is 0.856. The maximum absolute atomic E-state index is 13.3. The quantitative estimate of drug-likeness (QED) is 0.500. The van der Waals surface area contributed by atoms with E-state index < -0.39 is 38.4 Å². The van der Waals surface area contributed by atoms with Crippen molar-refractivity contribution in [3.63, 3.8) is 0 Å². The van der Waals surface area contributed by atoms with Gasteiger partial charge in [-0.05, 0) is 48.9 Å². The third kappa shape index (κ3) is 5.93. The molecule has 1 amide bonds. The molecule has 0 radical (unpaired) electrons. The maximum atomic E-state index is 13.3. The fourth-order valence-corrected chi connectivity index (χ4v) is 5.56. The molecule has 3 aromatic carbocycles. The SMILES string of the molecule is CC(NC(=O)CN(c1ccccc1Cl)S(=O)(=O)c1ccccc1)c1ccc(S(C)(=O)=O)cc1. The van der Waals surface area contributed by atoms with Gasteiger partial charge in [-0.15, -0.1) is 0 Å². The average Bonchev–Trinajstić information content (AvgIpc) is 2.78. The number of sulfone groups is 1. The molecule has 1 N–H and O–H groups in total. The molecule has 1 atom stereocenters. The molecule has 0 aromatic heterocycles. The van der Waals surface area contributed by atoms with Gasteiger partial charge in [-0.25, -0.2) is 16.8 Å². The van der Waals surface area contributed by atoms with Crippen LogP contribution in [0, 0.1) is 0 Å². The Morgan fingerprint density at radius 2 is 1.45 bits per heavy atom. The minimum Gasteiger partial charge on any atom is -0.348 e. The zero-order valence-corrected chi connectivity index (χ0v) is 20.4. The number of nitrogens with zero attached hydrogens (tertiary/aromatic N) is 1. The van der Waals surface area contributed by atoms with Gasteiger partial charge in [0, 0.05) is 6.26 Å². The number of carbonyl (C=O) groups excluding carboxylic acids is 1. The normalized spacial score (nSPS) is 12.7. The molecule has 0 bridgehead atoms. The highest BCUT2D eigenvalue weighted by Gasteiger charge is 2.29. The second kappa shape index (κ2) is 9.94. The Balaban J connectivity index is 1.86. The standard InChI is InChI=1S/C23H23ClN2O5S2/c1-17(18-12-14-19(15-13-18)32(2,28)29)25-23(27)16-26(22-11-7-6-10-21(22)24)33(30,31)20-8-4-3-5-9-20/h3-15,17H,16H2,1-2H3,(H,25,27). The summed E-state index contributed by atoms with van der Waals surface area (Å²) < 4.78 is 50.9. The van der Waals surface area contributed by atoms with Crippen molar-refractivity contribution >= 4 is 43.1 Å². The molecule has 33 heavy (non-hydrogen) atoms. The van der Waals surface area contributed by atoms with E-state index in [4.69, 9.17) is 11.6 Å². The van der Waals surface area contributed by atoms with Crippen molar-refractivity contribution in [2.45, 2.75) is 22.8 Å². The number of para-hydroxylation sites is 1. The van der Waals surface area contributed by atoms with Crippen LogP contribution in [-0.2, 0) is 24.7 Å². The lowest BCUT2D eigenvalue weighted by Gasteiger charge is -2.26. The number of hydrogen-bond donors (Lipinski definition) is 1. The van der Waals surface area contributed by atoms with E-state index in [0.717, 1.165) is 10.6 Å². The Morgan fingerprint density at radius 3 is 2.03 bits per heavy atom. The summed E-state index contributed by atoms with van der Waals surface area (Å²) >= 11 is 6.26. The van der Waals surface area contributed by atoms with E-state index in [1.165, 1.54) is 30.3 Å². The van der Waals surface area contributed by atoms with Crippen LogP contribution in [0.1, 0.15) is 18.5 Å². The van der Waals surface area contributed by atoms with Crippen LogP contribution in [0.15, 0.2) is 88.7 Å². The smallest absolute Gasteiger partial charge is 0.264 e. The van der Waals surface area contributed by atoms with Crippen LogP contribution in [0.3, 0.4) is 0 Å². The minimum absolute atomic E-state index is 0.0298. The summed E-state index contributed by atoms with van der Waals surface area (Å²) in [4.78, 5) is 13.1. The van der Waals surface area contributed by atoms with E-state index in [-0.39, 0.29) is 20.5 Å². The number of carbonyl (C=O) groups is 1. The van der Waals surface area contributed by atoms with Crippen molar-refractivity contribution in [2.75, 3.05) is 17.1 Å². The number of benzene rings is 3. The number of amides is 1. The summed E-state index contributed by atoms with van der Waals surface area (Å²) in [6, 6.07) is 19.8. The largest absolute Gasteiger partial charge is 0.348 e. The van der Waals surface area contributed by atoms with Gasteiger partial charge in [-0.1, -0.05) is 54.1 Å². The molecule has 10 heteroatoms. The third-order valence-electron chi connectivity index (χ3n) is 4.93. The summed E-state index contributed by atoms with van der Waals surface area (Å²) in [5, 5.41) is 2.95. The van der Waals surface area contributed by atoms with Crippen molar-refractivity contribution in [3.05, 3.63) is 89.4 Å². The molecule has 0 heterocycles. The topological polar surface area (TPSA) is 101 Å². The van der Waals surface area contributed by atoms with Crippen LogP contribution in [-0.4, -0.2) is 35.5 Å². The molecular formula is C23H23ClN2O5S2. The van der Waals surface area contributed by atoms with Crippen LogP contribution < -0.4 is 9.62 Å².